The number of rotatable bonds is 4. The van der Waals surface area contributed by atoms with Crippen LogP contribution in [0.1, 0.15) is 22.8 Å². The maximum Gasteiger partial charge on any atom is 0.136 e. The van der Waals surface area contributed by atoms with Crippen LogP contribution in [0, 0.1) is 13.8 Å². The molecule has 2 N–H and O–H groups in total. The van der Waals surface area contributed by atoms with Gasteiger partial charge in [-0.25, -0.2) is 0 Å². The van der Waals surface area contributed by atoms with Gasteiger partial charge in [0.1, 0.15) is 11.9 Å². The van der Waals surface area contributed by atoms with Gasteiger partial charge in [0, 0.05) is 11.6 Å². The Bertz CT molecular complexity index is 551. The maximum absolute atomic E-state index is 5.96. The normalized spacial score (nSPS) is 12.2. The van der Waals surface area contributed by atoms with Crippen molar-refractivity contribution < 1.29 is 4.74 Å². The second kappa shape index (κ2) is 6.09. The third-order valence-corrected chi connectivity index (χ3v) is 3.46. The number of benzene rings is 2. The molecule has 1 atom stereocenters. The minimum Gasteiger partial charge on any atom is -0.484 e. The van der Waals surface area contributed by atoms with Crippen LogP contribution in [-0.4, -0.2) is 6.54 Å². The molecule has 0 fully saturated rings. The SMILES string of the molecule is Cc1ccc(OC(CN)c2ccc(Cl)cc2)cc1C. The topological polar surface area (TPSA) is 35.2 Å². The summed E-state index contributed by atoms with van der Waals surface area (Å²) in [6.07, 6.45) is -0.153. The van der Waals surface area contributed by atoms with Crippen molar-refractivity contribution in [2.75, 3.05) is 6.54 Å². The maximum atomic E-state index is 5.96. The minimum absolute atomic E-state index is 0.153. The lowest BCUT2D eigenvalue weighted by atomic mass is 10.1. The zero-order chi connectivity index (χ0) is 13.8. The lowest BCUT2D eigenvalue weighted by Gasteiger charge is -2.18. The van der Waals surface area contributed by atoms with Crippen LogP contribution >= 0.6 is 11.6 Å². The molecule has 2 nitrogen and oxygen atoms in total. The number of halogens is 1. The van der Waals surface area contributed by atoms with Crippen molar-refractivity contribution in [2.24, 2.45) is 5.73 Å². The average Bonchev–Trinajstić information content (AvgIpc) is 2.41. The summed E-state index contributed by atoms with van der Waals surface area (Å²) in [5.74, 6) is 0.841. The molecule has 0 aliphatic carbocycles. The fraction of sp³-hybridized carbons (Fsp3) is 0.250. The summed E-state index contributed by atoms with van der Waals surface area (Å²) in [6, 6.07) is 13.7. The zero-order valence-electron chi connectivity index (χ0n) is 11.2. The molecular weight excluding hydrogens is 258 g/mol. The Kier molecular flexibility index (Phi) is 4.46. The fourth-order valence-corrected chi connectivity index (χ4v) is 2.01. The molecule has 0 amide bonds. The first-order chi connectivity index (χ1) is 9.10. The zero-order valence-corrected chi connectivity index (χ0v) is 11.9. The molecule has 0 radical (unpaired) electrons. The van der Waals surface area contributed by atoms with Gasteiger partial charge in [0.05, 0.1) is 0 Å². The van der Waals surface area contributed by atoms with Crippen molar-refractivity contribution in [3.8, 4) is 5.75 Å². The predicted octanol–water partition coefficient (Wildman–Crippen LogP) is 4.04. The highest BCUT2D eigenvalue weighted by atomic mass is 35.5. The van der Waals surface area contributed by atoms with Crippen LogP contribution in [0.15, 0.2) is 42.5 Å². The van der Waals surface area contributed by atoms with Crippen molar-refractivity contribution in [2.45, 2.75) is 20.0 Å². The van der Waals surface area contributed by atoms with Crippen LogP contribution in [0.5, 0.6) is 5.75 Å². The Morgan fingerprint density at radius 2 is 1.74 bits per heavy atom. The molecule has 0 saturated carbocycles. The van der Waals surface area contributed by atoms with Crippen molar-refractivity contribution in [3.63, 3.8) is 0 Å². The first-order valence-electron chi connectivity index (χ1n) is 6.29. The molecule has 2 aromatic rings. The third kappa shape index (κ3) is 3.49. The molecule has 100 valence electrons. The molecule has 0 aliphatic heterocycles. The first kappa shape index (κ1) is 13.9. The van der Waals surface area contributed by atoms with Gasteiger partial charge in [0.2, 0.25) is 0 Å². The molecule has 0 bridgehead atoms. The lowest BCUT2D eigenvalue weighted by Crippen LogP contribution is -2.18. The first-order valence-corrected chi connectivity index (χ1v) is 6.67. The highest BCUT2D eigenvalue weighted by molar-refractivity contribution is 6.30. The Hall–Kier alpha value is -1.51. The lowest BCUT2D eigenvalue weighted by molar-refractivity contribution is 0.214. The molecule has 0 aromatic heterocycles. The van der Waals surface area contributed by atoms with E-state index in [1.54, 1.807) is 0 Å². The Morgan fingerprint density at radius 3 is 2.32 bits per heavy atom. The van der Waals surface area contributed by atoms with Gasteiger partial charge < -0.3 is 10.5 Å². The molecule has 2 aromatic carbocycles. The Labute approximate surface area is 119 Å². The molecular formula is C16H18ClNO. The van der Waals surface area contributed by atoms with Crippen molar-refractivity contribution >= 4 is 11.6 Å². The Balaban J connectivity index is 2.18. The van der Waals surface area contributed by atoms with E-state index in [-0.39, 0.29) is 6.10 Å². The fourth-order valence-electron chi connectivity index (χ4n) is 1.88. The number of ether oxygens (including phenoxy) is 1. The smallest absolute Gasteiger partial charge is 0.136 e. The van der Waals surface area contributed by atoms with E-state index in [0.29, 0.717) is 11.6 Å². The molecule has 19 heavy (non-hydrogen) atoms. The summed E-state index contributed by atoms with van der Waals surface area (Å²) >= 11 is 5.89. The summed E-state index contributed by atoms with van der Waals surface area (Å²) in [5, 5.41) is 0.714. The van der Waals surface area contributed by atoms with Crippen molar-refractivity contribution in [3.05, 3.63) is 64.2 Å². The van der Waals surface area contributed by atoms with Gasteiger partial charge in [-0.3, -0.25) is 0 Å². The van der Waals surface area contributed by atoms with Crippen LogP contribution < -0.4 is 10.5 Å². The van der Waals surface area contributed by atoms with Crippen LogP contribution in [-0.2, 0) is 0 Å². The van der Waals surface area contributed by atoms with Crippen LogP contribution in [0.2, 0.25) is 5.02 Å². The summed E-state index contributed by atoms with van der Waals surface area (Å²) in [4.78, 5) is 0. The van der Waals surface area contributed by atoms with Gasteiger partial charge >= 0.3 is 0 Å². The van der Waals surface area contributed by atoms with E-state index >= 15 is 0 Å². The van der Waals surface area contributed by atoms with Gasteiger partial charge in [0.25, 0.3) is 0 Å². The standard InChI is InChI=1S/C16H18ClNO/c1-11-3-8-15(9-12(11)2)19-16(10-18)13-4-6-14(17)7-5-13/h3-9,16H,10,18H2,1-2H3. The third-order valence-electron chi connectivity index (χ3n) is 3.21. The van der Waals surface area contributed by atoms with E-state index in [4.69, 9.17) is 22.1 Å². The molecule has 0 aliphatic rings. The van der Waals surface area contributed by atoms with Crippen LogP contribution in [0.3, 0.4) is 0 Å². The second-order valence-electron chi connectivity index (χ2n) is 4.64. The Morgan fingerprint density at radius 1 is 1.05 bits per heavy atom. The van der Waals surface area contributed by atoms with Gasteiger partial charge in [-0.05, 0) is 54.8 Å². The second-order valence-corrected chi connectivity index (χ2v) is 5.08. The molecule has 0 spiro atoms. The number of hydrogen-bond acceptors (Lipinski definition) is 2. The molecule has 0 saturated heterocycles. The van der Waals surface area contributed by atoms with E-state index in [0.717, 1.165) is 11.3 Å². The highest BCUT2D eigenvalue weighted by Gasteiger charge is 2.11. The molecule has 0 heterocycles. The molecule has 3 heteroatoms. The number of nitrogens with two attached hydrogens (primary N) is 1. The van der Waals surface area contributed by atoms with E-state index in [1.807, 2.05) is 36.4 Å². The van der Waals surface area contributed by atoms with Crippen LogP contribution in [0.4, 0.5) is 0 Å². The summed E-state index contributed by atoms with van der Waals surface area (Å²) in [5.41, 5.74) is 9.30. The van der Waals surface area contributed by atoms with E-state index < -0.39 is 0 Å². The minimum atomic E-state index is -0.153. The summed E-state index contributed by atoms with van der Waals surface area (Å²) in [6.45, 7) is 4.58. The average molecular weight is 276 g/mol. The largest absolute Gasteiger partial charge is 0.484 e. The number of hydrogen-bond donors (Lipinski definition) is 1. The predicted molar refractivity (Wildman–Crippen MR) is 79.8 cm³/mol. The number of aryl methyl sites for hydroxylation is 2. The van der Waals surface area contributed by atoms with Gasteiger partial charge in [-0.2, -0.15) is 0 Å². The van der Waals surface area contributed by atoms with Crippen LogP contribution in [0.25, 0.3) is 0 Å². The molecule has 1 unspecified atom stereocenters. The molecule has 2 rings (SSSR count). The summed E-state index contributed by atoms with van der Waals surface area (Å²) in [7, 11) is 0. The van der Waals surface area contributed by atoms with Gasteiger partial charge in [0.15, 0.2) is 0 Å². The van der Waals surface area contributed by atoms with E-state index in [1.165, 1.54) is 11.1 Å². The highest BCUT2D eigenvalue weighted by Crippen LogP contribution is 2.24. The van der Waals surface area contributed by atoms with Gasteiger partial charge in [-0.15, -0.1) is 0 Å². The van der Waals surface area contributed by atoms with Crippen molar-refractivity contribution in [1.82, 2.24) is 0 Å². The van der Waals surface area contributed by atoms with Gasteiger partial charge in [-0.1, -0.05) is 29.8 Å². The van der Waals surface area contributed by atoms with E-state index in [9.17, 15) is 0 Å². The van der Waals surface area contributed by atoms with Crippen molar-refractivity contribution in [1.29, 1.82) is 0 Å². The quantitative estimate of drug-likeness (QED) is 0.914. The monoisotopic (exact) mass is 275 g/mol. The summed E-state index contributed by atoms with van der Waals surface area (Å²) < 4.78 is 5.96. The van der Waals surface area contributed by atoms with E-state index in [2.05, 4.69) is 19.9 Å².